The van der Waals surface area contributed by atoms with E-state index in [0.717, 1.165) is 23.7 Å². The highest BCUT2D eigenvalue weighted by Gasteiger charge is 2.05. The Labute approximate surface area is 121 Å². The van der Waals surface area contributed by atoms with Crippen LogP contribution < -0.4 is 10.1 Å². The molecule has 106 valence electrons. The van der Waals surface area contributed by atoms with Gasteiger partial charge in [-0.15, -0.1) is 0 Å². The molecule has 0 spiro atoms. The minimum absolute atomic E-state index is 0.445. The quantitative estimate of drug-likeness (QED) is 0.892. The van der Waals surface area contributed by atoms with E-state index >= 15 is 0 Å². The monoisotopic (exact) mass is 270 g/mol. The Bertz CT molecular complexity index is 579. The number of aromatic nitrogens is 1. The van der Waals surface area contributed by atoms with E-state index in [1.807, 2.05) is 24.3 Å². The van der Waals surface area contributed by atoms with Gasteiger partial charge in [0.25, 0.3) is 0 Å². The normalized spacial score (nSPS) is 10.8. The fourth-order valence-electron chi connectivity index (χ4n) is 1.89. The number of hydrogen-bond donors (Lipinski definition) is 1. The summed E-state index contributed by atoms with van der Waals surface area (Å²) in [4.78, 5) is 4.35. The van der Waals surface area contributed by atoms with Crippen molar-refractivity contribution in [3.8, 4) is 11.5 Å². The van der Waals surface area contributed by atoms with Crippen molar-refractivity contribution in [3.05, 3.63) is 53.3 Å². The van der Waals surface area contributed by atoms with E-state index in [0.29, 0.717) is 6.04 Å². The van der Waals surface area contributed by atoms with Crippen LogP contribution in [0.25, 0.3) is 0 Å². The van der Waals surface area contributed by atoms with E-state index < -0.39 is 0 Å². The molecule has 20 heavy (non-hydrogen) atoms. The lowest BCUT2D eigenvalue weighted by Crippen LogP contribution is -2.22. The van der Waals surface area contributed by atoms with Crippen LogP contribution in [0.4, 0.5) is 0 Å². The van der Waals surface area contributed by atoms with Gasteiger partial charge in [0.2, 0.25) is 0 Å². The van der Waals surface area contributed by atoms with Crippen LogP contribution >= 0.6 is 0 Å². The van der Waals surface area contributed by atoms with Crippen molar-refractivity contribution in [1.82, 2.24) is 10.3 Å². The van der Waals surface area contributed by atoms with Gasteiger partial charge in [-0.3, -0.25) is 4.98 Å². The van der Waals surface area contributed by atoms with Gasteiger partial charge in [0, 0.05) is 24.8 Å². The van der Waals surface area contributed by atoms with Crippen molar-refractivity contribution >= 4 is 0 Å². The summed E-state index contributed by atoms with van der Waals surface area (Å²) in [6.07, 6.45) is 1.79. The molecule has 0 bridgehead atoms. The highest BCUT2D eigenvalue weighted by atomic mass is 16.5. The Balaban J connectivity index is 2.13. The van der Waals surface area contributed by atoms with Crippen molar-refractivity contribution in [2.45, 2.75) is 40.3 Å². The predicted octanol–water partition coefficient (Wildman–Crippen LogP) is 3.99. The van der Waals surface area contributed by atoms with Crippen molar-refractivity contribution in [2.24, 2.45) is 0 Å². The van der Waals surface area contributed by atoms with Crippen LogP contribution in [0.1, 0.15) is 30.7 Å². The third-order valence-corrected chi connectivity index (χ3v) is 3.26. The minimum atomic E-state index is 0.445. The van der Waals surface area contributed by atoms with Crippen molar-refractivity contribution in [3.63, 3.8) is 0 Å². The zero-order valence-corrected chi connectivity index (χ0v) is 12.6. The molecule has 1 aromatic carbocycles. The fraction of sp³-hybridized carbons (Fsp3) is 0.353. The predicted molar refractivity (Wildman–Crippen MR) is 82.2 cm³/mol. The topological polar surface area (TPSA) is 34.1 Å². The molecule has 0 saturated heterocycles. The summed E-state index contributed by atoms with van der Waals surface area (Å²) in [5, 5.41) is 3.36. The molecule has 0 aliphatic heterocycles. The van der Waals surface area contributed by atoms with Crippen LogP contribution in [0.3, 0.4) is 0 Å². The minimum Gasteiger partial charge on any atom is -0.457 e. The van der Waals surface area contributed by atoms with Crippen LogP contribution in [-0.4, -0.2) is 11.0 Å². The number of rotatable bonds is 5. The van der Waals surface area contributed by atoms with Crippen molar-refractivity contribution < 1.29 is 4.74 Å². The first kappa shape index (κ1) is 14.5. The van der Waals surface area contributed by atoms with Gasteiger partial charge in [-0.05, 0) is 37.1 Å². The maximum atomic E-state index is 5.97. The second-order valence-corrected chi connectivity index (χ2v) is 5.32. The average molecular weight is 270 g/mol. The number of nitrogens with zero attached hydrogens (tertiary/aromatic N) is 1. The summed E-state index contributed by atoms with van der Waals surface area (Å²) in [5.74, 6) is 1.73. The first-order chi connectivity index (χ1) is 9.56. The van der Waals surface area contributed by atoms with Gasteiger partial charge in [0.05, 0.1) is 5.69 Å². The molecule has 0 unspecified atom stereocenters. The molecular weight excluding hydrogens is 248 g/mol. The molecule has 3 heteroatoms. The van der Waals surface area contributed by atoms with Crippen LogP contribution in [0.2, 0.25) is 0 Å². The van der Waals surface area contributed by atoms with Gasteiger partial charge >= 0.3 is 0 Å². The smallest absolute Gasteiger partial charge is 0.130 e. The van der Waals surface area contributed by atoms with Crippen LogP contribution in [-0.2, 0) is 6.54 Å². The third-order valence-electron chi connectivity index (χ3n) is 3.26. The Hall–Kier alpha value is -1.87. The van der Waals surface area contributed by atoms with Crippen molar-refractivity contribution in [2.75, 3.05) is 0 Å². The highest BCUT2D eigenvalue weighted by molar-refractivity contribution is 5.41. The first-order valence-corrected chi connectivity index (χ1v) is 6.98. The van der Waals surface area contributed by atoms with E-state index in [9.17, 15) is 0 Å². The molecule has 2 rings (SSSR count). The van der Waals surface area contributed by atoms with Gasteiger partial charge < -0.3 is 10.1 Å². The standard InChI is InChI=1S/C17H22N2O/c1-12(2)19-11-15-10-16(8-9-18-15)20-17-7-5-6-13(3)14(17)4/h5-10,12,19H,11H2,1-4H3. The van der Waals surface area contributed by atoms with Gasteiger partial charge in [0.1, 0.15) is 11.5 Å². The number of hydrogen-bond acceptors (Lipinski definition) is 3. The molecule has 0 radical (unpaired) electrons. The second-order valence-electron chi connectivity index (χ2n) is 5.32. The zero-order chi connectivity index (χ0) is 14.5. The number of pyridine rings is 1. The largest absolute Gasteiger partial charge is 0.457 e. The van der Waals surface area contributed by atoms with Gasteiger partial charge in [-0.25, -0.2) is 0 Å². The average Bonchev–Trinajstić information content (AvgIpc) is 2.42. The van der Waals surface area contributed by atoms with Crippen LogP contribution in [0.5, 0.6) is 11.5 Å². The number of ether oxygens (including phenoxy) is 1. The summed E-state index contributed by atoms with van der Waals surface area (Å²) in [5.41, 5.74) is 3.39. The van der Waals surface area contributed by atoms with E-state index in [2.05, 4.69) is 44.1 Å². The van der Waals surface area contributed by atoms with Crippen LogP contribution in [0, 0.1) is 13.8 Å². The molecule has 1 heterocycles. The van der Waals surface area contributed by atoms with Gasteiger partial charge in [0.15, 0.2) is 0 Å². The van der Waals surface area contributed by atoms with Gasteiger partial charge in [-0.1, -0.05) is 26.0 Å². The molecular formula is C17H22N2O. The summed E-state index contributed by atoms with van der Waals surface area (Å²) >= 11 is 0. The van der Waals surface area contributed by atoms with Crippen LogP contribution in [0.15, 0.2) is 36.5 Å². The number of benzene rings is 1. The summed E-state index contributed by atoms with van der Waals surface area (Å²) in [6, 6.07) is 10.4. The Kier molecular flexibility index (Phi) is 4.74. The molecule has 1 aromatic heterocycles. The molecule has 1 N–H and O–H groups in total. The summed E-state index contributed by atoms with van der Waals surface area (Å²) in [7, 11) is 0. The Morgan fingerprint density at radius 3 is 2.75 bits per heavy atom. The maximum Gasteiger partial charge on any atom is 0.130 e. The Morgan fingerprint density at radius 2 is 2.00 bits per heavy atom. The molecule has 0 atom stereocenters. The lowest BCUT2D eigenvalue weighted by atomic mass is 10.1. The second kappa shape index (κ2) is 6.53. The first-order valence-electron chi connectivity index (χ1n) is 6.98. The van der Waals surface area contributed by atoms with Crippen molar-refractivity contribution in [1.29, 1.82) is 0 Å². The molecule has 3 nitrogen and oxygen atoms in total. The molecule has 0 aliphatic rings. The molecule has 0 fully saturated rings. The number of nitrogens with one attached hydrogen (secondary N) is 1. The molecule has 0 saturated carbocycles. The SMILES string of the molecule is Cc1cccc(Oc2ccnc(CNC(C)C)c2)c1C. The van der Waals surface area contributed by atoms with E-state index in [4.69, 9.17) is 4.74 Å². The Morgan fingerprint density at radius 1 is 1.20 bits per heavy atom. The summed E-state index contributed by atoms with van der Waals surface area (Å²) < 4.78 is 5.97. The van der Waals surface area contributed by atoms with E-state index in [1.54, 1.807) is 6.20 Å². The fourth-order valence-corrected chi connectivity index (χ4v) is 1.89. The lowest BCUT2D eigenvalue weighted by molar-refractivity contribution is 0.475. The lowest BCUT2D eigenvalue weighted by Gasteiger charge is -2.12. The third kappa shape index (κ3) is 3.81. The van der Waals surface area contributed by atoms with Gasteiger partial charge in [-0.2, -0.15) is 0 Å². The zero-order valence-electron chi connectivity index (χ0n) is 12.6. The van der Waals surface area contributed by atoms with E-state index in [-0.39, 0.29) is 0 Å². The maximum absolute atomic E-state index is 5.97. The number of aryl methyl sites for hydroxylation is 1. The molecule has 2 aromatic rings. The highest BCUT2D eigenvalue weighted by Crippen LogP contribution is 2.26. The molecule has 0 aliphatic carbocycles. The van der Waals surface area contributed by atoms with E-state index in [1.165, 1.54) is 11.1 Å². The summed E-state index contributed by atoms with van der Waals surface area (Å²) in [6.45, 7) is 9.16. The molecule has 0 amide bonds.